The van der Waals surface area contributed by atoms with E-state index in [-0.39, 0.29) is 5.91 Å². The zero-order valence-corrected chi connectivity index (χ0v) is 13.2. The highest BCUT2D eigenvalue weighted by molar-refractivity contribution is 5.91. The summed E-state index contributed by atoms with van der Waals surface area (Å²) in [6.07, 6.45) is 1.79. The van der Waals surface area contributed by atoms with Gasteiger partial charge in [-0.05, 0) is 20.9 Å². The summed E-state index contributed by atoms with van der Waals surface area (Å²) in [6, 6.07) is 1.77. The highest BCUT2D eigenvalue weighted by atomic mass is 16.2. The first kappa shape index (κ1) is 15.2. The fraction of sp³-hybridized carbons (Fsp3) is 0.500. The number of hydrogen-bond acceptors (Lipinski definition) is 4. The summed E-state index contributed by atoms with van der Waals surface area (Å²) in [6.45, 7) is 5.03. The maximum absolute atomic E-state index is 12.0. The minimum Gasteiger partial charge on any atom is -0.308 e. The number of likely N-dealkylation sites (N-methyl/N-ethyl adjacent to an activating group) is 1. The van der Waals surface area contributed by atoms with Crippen LogP contribution in [-0.2, 0) is 25.4 Å². The lowest BCUT2D eigenvalue weighted by molar-refractivity contribution is -0.117. The van der Waals surface area contributed by atoms with Crippen LogP contribution in [-0.4, -0.2) is 44.0 Å². The lowest BCUT2D eigenvalue weighted by Gasteiger charge is -2.16. The molecule has 0 aromatic carbocycles. The Kier molecular flexibility index (Phi) is 4.42. The summed E-state index contributed by atoms with van der Waals surface area (Å²) in [7, 11) is 5.67. The number of hydrogen-bond donors (Lipinski definition) is 1. The van der Waals surface area contributed by atoms with Crippen LogP contribution in [0.25, 0.3) is 0 Å². The number of nitrogens with one attached hydrogen (secondary N) is 1. The minimum absolute atomic E-state index is 0.0737. The number of anilines is 1. The molecule has 0 saturated carbocycles. The molecule has 0 fully saturated rings. The Hall–Kier alpha value is -2.15. The van der Waals surface area contributed by atoms with Crippen LogP contribution in [0.2, 0.25) is 0 Å². The zero-order chi connectivity index (χ0) is 15.6. The normalized spacial score (nSPS) is 11.1. The molecule has 2 heterocycles. The summed E-state index contributed by atoms with van der Waals surface area (Å²) < 4.78 is 3.52. The van der Waals surface area contributed by atoms with Crippen molar-refractivity contribution in [3.63, 3.8) is 0 Å². The molecule has 0 atom stereocenters. The molecule has 114 valence electrons. The number of nitrogens with zero attached hydrogens (tertiary/aromatic N) is 5. The molecule has 0 spiro atoms. The Bertz CT molecular complexity index is 642. The molecule has 1 amide bonds. The predicted octanol–water partition coefficient (Wildman–Crippen LogP) is 0.841. The van der Waals surface area contributed by atoms with Crippen LogP contribution in [0.3, 0.4) is 0 Å². The van der Waals surface area contributed by atoms with E-state index in [1.54, 1.807) is 16.9 Å². The molecule has 0 unspecified atom stereocenters. The largest absolute Gasteiger partial charge is 0.308 e. The number of aromatic nitrogens is 4. The highest BCUT2D eigenvalue weighted by Crippen LogP contribution is 2.13. The van der Waals surface area contributed by atoms with Crippen molar-refractivity contribution < 1.29 is 4.79 Å². The van der Waals surface area contributed by atoms with E-state index in [0.29, 0.717) is 18.9 Å². The molecule has 21 heavy (non-hydrogen) atoms. The Labute approximate surface area is 124 Å². The van der Waals surface area contributed by atoms with Gasteiger partial charge in [-0.3, -0.25) is 19.1 Å². The van der Waals surface area contributed by atoms with Crippen molar-refractivity contribution in [2.45, 2.75) is 20.4 Å². The lowest BCUT2D eigenvalue weighted by Crippen LogP contribution is -2.30. The van der Waals surface area contributed by atoms with Crippen LogP contribution >= 0.6 is 0 Å². The fourth-order valence-corrected chi connectivity index (χ4v) is 2.28. The number of rotatable bonds is 5. The second kappa shape index (κ2) is 6.09. The first-order valence-electron chi connectivity index (χ1n) is 6.84. The van der Waals surface area contributed by atoms with Crippen LogP contribution in [0.4, 0.5) is 5.82 Å². The standard InChI is InChI=1S/C14H22N6O/c1-10-12(11(2)20(5)16-10)8-18(3)9-14(21)15-13-6-7-19(4)17-13/h6-7H,8-9H2,1-5H3,(H,15,17,21). The molecular formula is C14H22N6O. The van der Waals surface area contributed by atoms with Crippen LogP contribution in [0.1, 0.15) is 17.0 Å². The summed E-state index contributed by atoms with van der Waals surface area (Å²) in [5.41, 5.74) is 3.31. The van der Waals surface area contributed by atoms with Gasteiger partial charge in [0.2, 0.25) is 5.91 Å². The molecule has 0 radical (unpaired) electrons. The van der Waals surface area contributed by atoms with Gasteiger partial charge < -0.3 is 5.32 Å². The zero-order valence-electron chi connectivity index (χ0n) is 13.2. The number of carbonyl (C=O) groups excluding carboxylic acids is 1. The summed E-state index contributed by atoms with van der Waals surface area (Å²) in [5.74, 6) is 0.500. The molecule has 7 heteroatoms. The molecule has 2 aromatic heterocycles. The first-order chi connectivity index (χ1) is 9.86. The average molecular weight is 290 g/mol. The number of aryl methyl sites for hydroxylation is 3. The maximum Gasteiger partial charge on any atom is 0.239 e. The van der Waals surface area contributed by atoms with Crippen molar-refractivity contribution in [2.75, 3.05) is 18.9 Å². The summed E-state index contributed by atoms with van der Waals surface area (Å²) in [5, 5.41) is 11.3. The van der Waals surface area contributed by atoms with Crippen molar-refractivity contribution in [2.24, 2.45) is 14.1 Å². The summed E-state index contributed by atoms with van der Waals surface area (Å²) >= 11 is 0. The Morgan fingerprint density at radius 2 is 2.05 bits per heavy atom. The van der Waals surface area contributed by atoms with E-state index < -0.39 is 0 Å². The van der Waals surface area contributed by atoms with Crippen LogP contribution in [0.15, 0.2) is 12.3 Å². The first-order valence-corrected chi connectivity index (χ1v) is 6.84. The molecule has 0 aliphatic carbocycles. The third-order valence-corrected chi connectivity index (χ3v) is 3.48. The van der Waals surface area contributed by atoms with Gasteiger partial charge in [-0.25, -0.2) is 0 Å². The monoisotopic (exact) mass is 290 g/mol. The fourth-order valence-electron chi connectivity index (χ4n) is 2.28. The van der Waals surface area contributed by atoms with Gasteiger partial charge in [-0.15, -0.1) is 0 Å². The van der Waals surface area contributed by atoms with E-state index in [1.165, 1.54) is 5.56 Å². The molecule has 0 aliphatic heterocycles. The van der Waals surface area contributed by atoms with Crippen LogP contribution in [0, 0.1) is 13.8 Å². The van der Waals surface area contributed by atoms with Gasteiger partial charge in [0.05, 0.1) is 12.2 Å². The third kappa shape index (κ3) is 3.69. The van der Waals surface area contributed by atoms with E-state index in [4.69, 9.17) is 0 Å². The van der Waals surface area contributed by atoms with Gasteiger partial charge in [0, 0.05) is 44.2 Å². The quantitative estimate of drug-likeness (QED) is 0.886. The van der Waals surface area contributed by atoms with Crippen molar-refractivity contribution in [1.82, 2.24) is 24.5 Å². The van der Waals surface area contributed by atoms with Crippen LogP contribution in [0.5, 0.6) is 0 Å². The van der Waals surface area contributed by atoms with Gasteiger partial charge in [0.15, 0.2) is 5.82 Å². The smallest absolute Gasteiger partial charge is 0.239 e. The predicted molar refractivity (Wildman–Crippen MR) is 80.9 cm³/mol. The summed E-state index contributed by atoms with van der Waals surface area (Å²) in [4.78, 5) is 13.9. The van der Waals surface area contributed by atoms with Gasteiger partial charge in [-0.2, -0.15) is 10.2 Å². The maximum atomic E-state index is 12.0. The molecule has 2 rings (SSSR count). The SMILES string of the molecule is Cc1nn(C)c(C)c1CN(C)CC(=O)Nc1ccn(C)n1. The van der Waals surface area contributed by atoms with Crippen molar-refractivity contribution >= 4 is 11.7 Å². The molecule has 0 saturated heterocycles. The number of carbonyl (C=O) groups is 1. The van der Waals surface area contributed by atoms with Gasteiger partial charge in [0.1, 0.15) is 0 Å². The molecule has 1 N–H and O–H groups in total. The number of amides is 1. The van der Waals surface area contributed by atoms with Gasteiger partial charge in [0.25, 0.3) is 0 Å². The van der Waals surface area contributed by atoms with Crippen molar-refractivity contribution in [3.8, 4) is 0 Å². The van der Waals surface area contributed by atoms with E-state index in [1.807, 2.05) is 44.6 Å². The Balaban J connectivity index is 1.92. The molecule has 7 nitrogen and oxygen atoms in total. The Morgan fingerprint density at radius 3 is 2.57 bits per heavy atom. The molecule has 2 aromatic rings. The topological polar surface area (TPSA) is 68.0 Å². The Morgan fingerprint density at radius 1 is 1.33 bits per heavy atom. The van der Waals surface area contributed by atoms with E-state index in [2.05, 4.69) is 15.5 Å². The van der Waals surface area contributed by atoms with E-state index in [9.17, 15) is 4.79 Å². The lowest BCUT2D eigenvalue weighted by atomic mass is 10.2. The molecule has 0 bridgehead atoms. The molecular weight excluding hydrogens is 268 g/mol. The highest BCUT2D eigenvalue weighted by Gasteiger charge is 2.14. The van der Waals surface area contributed by atoms with E-state index >= 15 is 0 Å². The second-order valence-electron chi connectivity index (χ2n) is 5.37. The van der Waals surface area contributed by atoms with Crippen LogP contribution < -0.4 is 5.32 Å². The third-order valence-electron chi connectivity index (χ3n) is 3.48. The van der Waals surface area contributed by atoms with E-state index in [0.717, 1.165) is 11.4 Å². The molecule has 0 aliphatic rings. The van der Waals surface area contributed by atoms with Gasteiger partial charge >= 0.3 is 0 Å². The van der Waals surface area contributed by atoms with Crippen molar-refractivity contribution in [3.05, 3.63) is 29.2 Å². The van der Waals surface area contributed by atoms with Crippen molar-refractivity contribution in [1.29, 1.82) is 0 Å². The van der Waals surface area contributed by atoms with Gasteiger partial charge in [-0.1, -0.05) is 0 Å². The second-order valence-corrected chi connectivity index (χ2v) is 5.37. The average Bonchev–Trinajstić information content (AvgIpc) is 2.88. The minimum atomic E-state index is -0.0737.